The number of anilines is 2. The molecule has 0 atom stereocenters. The number of rotatable bonds is 5. The fourth-order valence-electron chi connectivity index (χ4n) is 3.14. The Morgan fingerprint density at radius 2 is 1.62 bits per heavy atom. The molecule has 0 spiro atoms. The molecular weight excluding hydrogens is 385 g/mol. The number of nitrogens with one attached hydrogen (secondary N) is 2. The summed E-state index contributed by atoms with van der Waals surface area (Å²) in [5, 5.41) is 5.22. The average molecular weight is 406 g/mol. The molecule has 0 saturated carbocycles. The zero-order chi connectivity index (χ0) is 20.9. The van der Waals surface area contributed by atoms with Crippen LogP contribution in [0.15, 0.2) is 48.5 Å². The van der Waals surface area contributed by atoms with Crippen molar-refractivity contribution < 1.29 is 27.5 Å². The van der Waals surface area contributed by atoms with Gasteiger partial charge < -0.3 is 15.4 Å². The molecule has 0 unspecified atom stereocenters. The van der Waals surface area contributed by atoms with Crippen LogP contribution in [0.25, 0.3) is 0 Å². The first-order chi connectivity index (χ1) is 13.8. The Bertz CT molecular complexity index is 877. The molecule has 0 radical (unpaired) electrons. The van der Waals surface area contributed by atoms with Crippen LogP contribution in [-0.2, 0) is 15.7 Å². The van der Waals surface area contributed by atoms with Gasteiger partial charge in [0.2, 0.25) is 5.91 Å². The third kappa shape index (κ3) is 6.05. The molecule has 5 nitrogen and oxygen atoms in total. The van der Waals surface area contributed by atoms with Crippen LogP contribution in [0.4, 0.5) is 24.5 Å². The van der Waals surface area contributed by atoms with Gasteiger partial charge in [0.15, 0.2) is 0 Å². The van der Waals surface area contributed by atoms with Crippen LogP contribution in [0, 0.1) is 5.92 Å². The zero-order valence-corrected chi connectivity index (χ0v) is 15.6. The second-order valence-corrected chi connectivity index (χ2v) is 6.92. The first-order valence-electron chi connectivity index (χ1n) is 9.27. The number of benzene rings is 2. The van der Waals surface area contributed by atoms with Crippen molar-refractivity contribution in [3.63, 3.8) is 0 Å². The van der Waals surface area contributed by atoms with Gasteiger partial charge in [0, 0.05) is 36.6 Å². The number of carbonyl (C=O) groups excluding carboxylic acids is 2. The molecule has 1 saturated heterocycles. The molecular formula is C21H21F3N2O3. The molecule has 2 aromatic carbocycles. The van der Waals surface area contributed by atoms with E-state index in [1.165, 1.54) is 24.3 Å². The molecule has 1 aliphatic heterocycles. The predicted molar refractivity (Wildman–Crippen MR) is 103 cm³/mol. The lowest BCUT2D eigenvalue weighted by molar-refractivity contribution is -0.137. The van der Waals surface area contributed by atoms with Gasteiger partial charge in [-0.25, -0.2) is 0 Å². The van der Waals surface area contributed by atoms with Crippen molar-refractivity contribution in [2.45, 2.75) is 25.4 Å². The minimum Gasteiger partial charge on any atom is -0.381 e. The minimum absolute atomic E-state index is 0.0405. The zero-order valence-electron chi connectivity index (χ0n) is 15.6. The van der Waals surface area contributed by atoms with Crippen molar-refractivity contribution in [1.82, 2.24) is 0 Å². The maximum Gasteiger partial charge on any atom is 0.416 e. The smallest absolute Gasteiger partial charge is 0.381 e. The summed E-state index contributed by atoms with van der Waals surface area (Å²) in [5.74, 6) is -0.437. The summed E-state index contributed by atoms with van der Waals surface area (Å²) in [7, 11) is 0. The lowest BCUT2D eigenvalue weighted by Crippen LogP contribution is -2.22. The highest BCUT2D eigenvalue weighted by atomic mass is 19.4. The van der Waals surface area contributed by atoms with Crippen molar-refractivity contribution in [2.24, 2.45) is 5.92 Å². The molecule has 2 amide bonds. The van der Waals surface area contributed by atoms with E-state index >= 15 is 0 Å². The standard InChI is InChI=1S/C21H21F3N2O3/c22-21(23,24)16-4-2-6-18(13-16)26-20(28)15-3-1-5-17(12-15)25-19(27)11-14-7-9-29-10-8-14/h1-6,12-14H,7-11H2,(H,25,27)(H,26,28). The fourth-order valence-corrected chi connectivity index (χ4v) is 3.14. The van der Waals surface area contributed by atoms with Gasteiger partial charge in [0.05, 0.1) is 5.56 Å². The van der Waals surface area contributed by atoms with E-state index in [0.717, 1.165) is 25.0 Å². The number of amides is 2. The summed E-state index contributed by atoms with van der Waals surface area (Å²) in [5.41, 5.74) is -0.117. The van der Waals surface area contributed by atoms with Gasteiger partial charge in [-0.2, -0.15) is 13.2 Å². The topological polar surface area (TPSA) is 67.4 Å². The van der Waals surface area contributed by atoms with E-state index in [9.17, 15) is 22.8 Å². The van der Waals surface area contributed by atoms with Crippen LogP contribution in [0.3, 0.4) is 0 Å². The van der Waals surface area contributed by atoms with Gasteiger partial charge in [-0.15, -0.1) is 0 Å². The van der Waals surface area contributed by atoms with Gasteiger partial charge in [0.25, 0.3) is 5.91 Å². The Morgan fingerprint density at radius 3 is 2.31 bits per heavy atom. The highest BCUT2D eigenvalue weighted by Crippen LogP contribution is 2.30. The summed E-state index contributed by atoms with van der Waals surface area (Å²) in [6.45, 7) is 1.31. The van der Waals surface area contributed by atoms with Crippen LogP contribution < -0.4 is 10.6 Å². The summed E-state index contributed by atoms with van der Waals surface area (Å²) < 4.78 is 43.7. The molecule has 1 fully saturated rings. The maximum atomic E-state index is 12.8. The molecule has 0 bridgehead atoms. The Morgan fingerprint density at radius 1 is 0.966 bits per heavy atom. The third-order valence-electron chi connectivity index (χ3n) is 4.67. The van der Waals surface area contributed by atoms with E-state index in [0.29, 0.717) is 25.3 Å². The molecule has 1 heterocycles. The summed E-state index contributed by atoms with van der Waals surface area (Å²) >= 11 is 0. The van der Waals surface area contributed by atoms with Gasteiger partial charge in [-0.1, -0.05) is 12.1 Å². The predicted octanol–water partition coefficient (Wildman–Crippen LogP) is 4.71. The average Bonchev–Trinajstić information content (AvgIpc) is 2.68. The van der Waals surface area contributed by atoms with Crippen molar-refractivity contribution in [1.29, 1.82) is 0 Å². The lowest BCUT2D eigenvalue weighted by Gasteiger charge is -2.21. The molecule has 2 N–H and O–H groups in total. The number of hydrogen-bond donors (Lipinski definition) is 2. The van der Waals surface area contributed by atoms with Crippen LogP contribution >= 0.6 is 0 Å². The SMILES string of the molecule is O=C(CC1CCOCC1)Nc1cccc(C(=O)Nc2cccc(C(F)(F)F)c2)c1. The van der Waals surface area contributed by atoms with E-state index in [1.807, 2.05) is 0 Å². The van der Waals surface area contributed by atoms with Crippen LogP contribution in [0.2, 0.25) is 0 Å². The molecule has 1 aliphatic rings. The van der Waals surface area contributed by atoms with E-state index in [-0.39, 0.29) is 23.1 Å². The first kappa shape index (κ1) is 20.9. The Balaban J connectivity index is 1.62. The third-order valence-corrected chi connectivity index (χ3v) is 4.67. The molecule has 0 aliphatic carbocycles. The molecule has 8 heteroatoms. The second kappa shape index (κ2) is 9.09. The van der Waals surface area contributed by atoms with Crippen LogP contribution in [-0.4, -0.2) is 25.0 Å². The number of alkyl halides is 3. The summed E-state index contributed by atoms with van der Waals surface area (Å²) in [4.78, 5) is 24.6. The highest BCUT2D eigenvalue weighted by molar-refractivity contribution is 6.05. The van der Waals surface area contributed by atoms with Gasteiger partial charge in [0.1, 0.15) is 0 Å². The molecule has 0 aromatic heterocycles. The minimum atomic E-state index is -4.49. The maximum absolute atomic E-state index is 12.8. The van der Waals surface area contributed by atoms with E-state index < -0.39 is 17.6 Å². The van der Waals surface area contributed by atoms with E-state index in [4.69, 9.17) is 4.74 Å². The molecule has 2 aromatic rings. The lowest BCUT2D eigenvalue weighted by atomic mass is 9.96. The second-order valence-electron chi connectivity index (χ2n) is 6.92. The first-order valence-corrected chi connectivity index (χ1v) is 9.27. The Labute approximate surface area is 166 Å². The quantitative estimate of drug-likeness (QED) is 0.756. The van der Waals surface area contributed by atoms with Crippen molar-refractivity contribution in [3.8, 4) is 0 Å². The van der Waals surface area contributed by atoms with Crippen molar-refractivity contribution >= 4 is 23.2 Å². The highest BCUT2D eigenvalue weighted by Gasteiger charge is 2.30. The summed E-state index contributed by atoms with van der Waals surface area (Å²) in [6, 6.07) is 10.7. The van der Waals surface area contributed by atoms with Crippen LogP contribution in [0.1, 0.15) is 35.2 Å². The Hall–Kier alpha value is -2.87. The monoisotopic (exact) mass is 406 g/mol. The van der Waals surface area contributed by atoms with Crippen LogP contribution in [0.5, 0.6) is 0 Å². The molecule has 3 rings (SSSR count). The Kier molecular flexibility index (Phi) is 6.53. The van der Waals surface area contributed by atoms with E-state index in [1.54, 1.807) is 12.1 Å². The van der Waals surface area contributed by atoms with Gasteiger partial charge >= 0.3 is 6.18 Å². The largest absolute Gasteiger partial charge is 0.416 e. The number of carbonyl (C=O) groups is 2. The van der Waals surface area contributed by atoms with Crippen molar-refractivity contribution in [3.05, 3.63) is 59.7 Å². The summed E-state index contributed by atoms with van der Waals surface area (Å²) in [6.07, 6.45) is -2.43. The van der Waals surface area contributed by atoms with Gasteiger partial charge in [-0.3, -0.25) is 9.59 Å². The number of ether oxygens (including phenoxy) is 1. The molecule has 154 valence electrons. The van der Waals surface area contributed by atoms with E-state index in [2.05, 4.69) is 10.6 Å². The molecule has 29 heavy (non-hydrogen) atoms. The van der Waals surface area contributed by atoms with Gasteiger partial charge in [-0.05, 0) is 55.2 Å². The number of hydrogen-bond acceptors (Lipinski definition) is 3. The number of halogens is 3. The van der Waals surface area contributed by atoms with Crippen molar-refractivity contribution in [2.75, 3.05) is 23.8 Å². The fraction of sp³-hybridized carbons (Fsp3) is 0.333. The normalized spacial score (nSPS) is 15.0.